The van der Waals surface area contributed by atoms with Crippen LogP contribution in [0.3, 0.4) is 0 Å². The molecule has 0 saturated carbocycles. The van der Waals surface area contributed by atoms with Gasteiger partial charge in [-0.05, 0) is 65.0 Å². The molecular formula is C36H32N2O2Si. The lowest BCUT2D eigenvalue weighted by atomic mass is 9.79. The molecule has 0 aliphatic carbocycles. The first-order chi connectivity index (χ1) is 19.8. The van der Waals surface area contributed by atoms with E-state index in [0.717, 1.165) is 39.4 Å². The number of fused-ring (bicyclic) bond motifs is 6. The van der Waals surface area contributed by atoms with Gasteiger partial charge in [-0.1, -0.05) is 79.8 Å². The van der Waals surface area contributed by atoms with E-state index in [-0.39, 0.29) is 5.97 Å². The van der Waals surface area contributed by atoms with Crippen molar-refractivity contribution in [2.75, 3.05) is 23.9 Å². The normalized spacial score (nSPS) is 15.5. The van der Waals surface area contributed by atoms with E-state index >= 15 is 0 Å². The van der Waals surface area contributed by atoms with Crippen LogP contribution in [0, 0.1) is 0 Å². The highest BCUT2D eigenvalue weighted by Crippen LogP contribution is 2.49. The number of ether oxygens (including phenoxy) is 1. The van der Waals surface area contributed by atoms with Crippen molar-refractivity contribution in [3.63, 3.8) is 0 Å². The van der Waals surface area contributed by atoms with Gasteiger partial charge in [0.2, 0.25) is 0 Å². The Kier molecular flexibility index (Phi) is 5.70. The van der Waals surface area contributed by atoms with Crippen LogP contribution in [0.2, 0.25) is 13.1 Å². The van der Waals surface area contributed by atoms with Gasteiger partial charge in [0.1, 0.15) is 8.07 Å². The minimum atomic E-state index is -2.27. The van der Waals surface area contributed by atoms with E-state index in [1.165, 1.54) is 10.4 Å². The SMILES string of the molecule is CN(c1ccccc1)c1ccc2c(c1)[Si](C)(C)c1cc(N(C)c3ccccc3)ccc1C21OC(=O)c2ccccc21. The zero-order chi connectivity index (χ0) is 28.4. The molecule has 1 spiro atoms. The predicted molar refractivity (Wildman–Crippen MR) is 170 cm³/mol. The summed E-state index contributed by atoms with van der Waals surface area (Å²) in [6, 6.07) is 42.1. The van der Waals surface area contributed by atoms with Crippen molar-refractivity contribution in [1.82, 2.24) is 0 Å². The number of esters is 1. The Hall–Kier alpha value is -4.61. The summed E-state index contributed by atoms with van der Waals surface area (Å²) in [6.45, 7) is 4.83. The summed E-state index contributed by atoms with van der Waals surface area (Å²) < 4.78 is 6.53. The zero-order valence-corrected chi connectivity index (χ0v) is 24.8. The first-order valence-corrected chi connectivity index (χ1v) is 17.0. The van der Waals surface area contributed by atoms with Crippen molar-refractivity contribution in [3.05, 3.63) is 144 Å². The van der Waals surface area contributed by atoms with Gasteiger partial charge in [-0.3, -0.25) is 0 Å². The van der Waals surface area contributed by atoms with Crippen LogP contribution in [0.15, 0.2) is 121 Å². The second-order valence-corrected chi connectivity index (χ2v) is 15.8. The van der Waals surface area contributed by atoms with Gasteiger partial charge < -0.3 is 14.5 Å². The van der Waals surface area contributed by atoms with Crippen molar-refractivity contribution < 1.29 is 9.53 Å². The standard InChI is InChI=1S/C36H32N2O2Si/c1-37(25-13-7-5-8-14-25)27-19-21-31-33(23-27)41(3,4)34-24-28(38(2)26-15-9-6-10-16-26)20-22-32(34)36(31)30-18-12-11-17-29(30)35(39)40-36/h5-24H,1-4H3. The number of carbonyl (C=O) groups excluding carboxylic acids is 1. The van der Waals surface area contributed by atoms with Crippen molar-refractivity contribution in [3.8, 4) is 0 Å². The predicted octanol–water partition coefficient (Wildman–Crippen LogP) is 6.82. The van der Waals surface area contributed by atoms with Crippen LogP contribution < -0.4 is 20.2 Å². The van der Waals surface area contributed by atoms with E-state index in [0.29, 0.717) is 5.56 Å². The summed E-state index contributed by atoms with van der Waals surface area (Å²) in [5.41, 5.74) is 7.23. The lowest BCUT2D eigenvalue weighted by molar-refractivity contribution is 0.0255. The van der Waals surface area contributed by atoms with E-state index in [1.54, 1.807) is 0 Å². The third kappa shape index (κ3) is 3.69. The van der Waals surface area contributed by atoms with Crippen LogP contribution in [0.4, 0.5) is 22.7 Å². The van der Waals surface area contributed by atoms with Crippen molar-refractivity contribution in [2.24, 2.45) is 0 Å². The molecule has 0 atom stereocenters. The number of anilines is 4. The molecule has 0 fully saturated rings. The summed E-state index contributed by atoms with van der Waals surface area (Å²) in [6.07, 6.45) is 0. The van der Waals surface area contributed by atoms with Crippen molar-refractivity contribution >= 4 is 47.2 Å². The molecule has 5 heteroatoms. The fourth-order valence-corrected chi connectivity index (χ4v) is 9.81. The summed E-state index contributed by atoms with van der Waals surface area (Å²) in [7, 11) is 1.94. The Morgan fingerprint density at radius 1 is 0.561 bits per heavy atom. The average Bonchev–Trinajstić information content (AvgIpc) is 3.32. The number of hydrogen-bond acceptors (Lipinski definition) is 4. The third-order valence-corrected chi connectivity index (χ3v) is 12.5. The molecule has 41 heavy (non-hydrogen) atoms. The molecule has 0 radical (unpaired) electrons. The van der Waals surface area contributed by atoms with Crippen molar-refractivity contribution in [2.45, 2.75) is 18.7 Å². The minimum absolute atomic E-state index is 0.269. The Morgan fingerprint density at radius 3 is 1.54 bits per heavy atom. The molecule has 0 unspecified atom stereocenters. The highest BCUT2D eigenvalue weighted by molar-refractivity contribution is 7.01. The lowest BCUT2D eigenvalue weighted by Crippen LogP contribution is -2.63. The molecule has 2 heterocycles. The maximum atomic E-state index is 13.4. The number of nitrogens with zero attached hydrogens (tertiary/aromatic N) is 2. The van der Waals surface area contributed by atoms with Gasteiger partial charge in [-0.25, -0.2) is 4.79 Å². The fourth-order valence-electron chi connectivity index (χ4n) is 6.64. The molecule has 5 aromatic carbocycles. The maximum Gasteiger partial charge on any atom is 0.340 e. The number of para-hydroxylation sites is 2. The van der Waals surface area contributed by atoms with E-state index < -0.39 is 13.7 Å². The molecule has 0 bridgehead atoms. The maximum absolute atomic E-state index is 13.4. The highest BCUT2D eigenvalue weighted by Gasteiger charge is 2.56. The quantitative estimate of drug-likeness (QED) is 0.181. The summed E-state index contributed by atoms with van der Waals surface area (Å²) >= 11 is 0. The second kappa shape index (κ2) is 9.21. The van der Waals surface area contributed by atoms with E-state index in [2.05, 4.69) is 128 Å². The van der Waals surface area contributed by atoms with E-state index in [4.69, 9.17) is 4.74 Å². The average molecular weight is 553 g/mol. The first-order valence-electron chi connectivity index (χ1n) is 14.0. The number of hydrogen-bond donors (Lipinski definition) is 0. The molecule has 2 aliphatic heterocycles. The molecule has 4 nitrogen and oxygen atoms in total. The molecule has 0 N–H and O–H groups in total. The highest BCUT2D eigenvalue weighted by atomic mass is 28.3. The van der Waals surface area contributed by atoms with Gasteiger partial charge >= 0.3 is 5.97 Å². The largest absolute Gasteiger partial charge is 0.441 e. The van der Waals surface area contributed by atoms with Crippen LogP contribution in [-0.4, -0.2) is 28.1 Å². The molecule has 0 saturated heterocycles. The molecule has 202 valence electrons. The monoisotopic (exact) mass is 552 g/mol. The molecule has 0 amide bonds. The van der Waals surface area contributed by atoms with Crippen LogP contribution in [-0.2, 0) is 10.3 Å². The first kappa shape index (κ1) is 25.4. The Balaban J connectivity index is 1.47. The van der Waals surface area contributed by atoms with E-state index in [1.807, 2.05) is 30.3 Å². The molecule has 7 rings (SSSR count). The molecule has 0 aromatic heterocycles. The van der Waals surface area contributed by atoms with Gasteiger partial charge in [0.05, 0.1) is 5.56 Å². The zero-order valence-electron chi connectivity index (χ0n) is 23.8. The Bertz CT molecular complexity index is 1700. The smallest absolute Gasteiger partial charge is 0.340 e. The minimum Gasteiger partial charge on any atom is -0.441 e. The van der Waals surface area contributed by atoms with Crippen molar-refractivity contribution in [1.29, 1.82) is 0 Å². The van der Waals surface area contributed by atoms with E-state index in [9.17, 15) is 4.79 Å². The Labute approximate surface area is 242 Å². The molecule has 2 aliphatic rings. The molecule has 5 aromatic rings. The van der Waals surface area contributed by atoms with Gasteiger partial charge in [0.25, 0.3) is 0 Å². The summed E-state index contributed by atoms with van der Waals surface area (Å²) in [4.78, 5) is 17.9. The van der Waals surface area contributed by atoms with Gasteiger partial charge in [0, 0.05) is 53.5 Å². The number of carbonyl (C=O) groups is 1. The third-order valence-electron chi connectivity index (χ3n) is 8.95. The summed E-state index contributed by atoms with van der Waals surface area (Å²) in [5.74, 6) is -0.269. The van der Waals surface area contributed by atoms with Gasteiger partial charge in [0.15, 0.2) is 5.60 Å². The lowest BCUT2D eigenvalue weighted by Gasteiger charge is -2.44. The van der Waals surface area contributed by atoms with Crippen LogP contribution in [0.25, 0.3) is 0 Å². The second-order valence-electron chi connectivity index (χ2n) is 11.5. The fraction of sp³-hybridized carbons (Fsp3) is 0.139. The Morgan fingerprint density at radius 2 is 1.02 bits per heavy atom. The molecular weight excluding hydrogens is 520 g/mol. The topological polar surface area (TPSA) is 32.8 Å². The van der Waals surface area contributed by atoms with Crippen LogP contribution in [0.5, 0.6) is 0 Å². The van der Waals surface area contributed by atoms with Crippen LogP contribution in [0.1, 0.15) is 27.0 Å². The van der Waals surface area contributed by atoms with Crippen LogP contribution >= 0.6 is 0 Å². The van der Waals surface area contributed by atoms with Gasteiger partial charge in [-0.2, -0.15) is 0 Å². The number of benzene rings is 5. The summed E-state index contributed by atoms with van der Waals surface area (Å²) in [5, 5.41) is 2.57. The van der Waals surface area contributed by atoms with Gasteiger partial charge in [-0.15, -0.1) is 0 Å². The number of rotatable bonds is 4.